The van der Waals surface area contributed by atoms with Crippen LogP contribution in [-0.2, 0) is 11.2 Å². The summed E-state index contributed by atoms with van der Waals surface area (Å²) < 4.78 is 5.13. The highest BCUT2D eigenvalue weighted by Crippen LogP contribution is 2.17. The molecule has 0 aliphatic heterocycles. The maximum atomic E-state index is 11.9. The topological polar surface area (TPSA) is 50.4 Å². The maximum Gasteiger partial charge on any atom is 0.226 e. The van der Waals surface area contributed by atoms with Crippen LogP contribution in [0.1, 0.15) is 12.0 Å². The van der Waals surface area contributed by atoms with Crippen molar-refractivity contribution in [2.45, 2.75) is 12.8 Å². The third-order valence-electron chi connectivity index (χ3n) is 3.16. The van der Waals surface area contributed by atoms with Crippen LogP contribution in [0.2, 0.25) is 5.02 Å². The summed E-state index contributed by atoms with van der Waals surface area (Å²) in [7, 11) is 1.59. The number of thiocarbonyl (C=S) groups is 1. The molecule has 0 saturated heterocycles. The van der Waals surface area contributed by atoms with Gasteiger partial charge in [0, 0.05) is 23.2 Å². The average molecular weight is 349 g/mol. The van der Waals surface area contributed by atoms with Gasteiger partial charge >= 0.3 is 0 Å². The number of anilines is 1. The van der Waals surface area contributed by atoms with Gasteiger partial charge in [0.15, 0.2) is 5.11 Å². The van der Waals surface area contributed by atoms with Gasteiger partial charge in [-0.1, -0.05) is 35.9 Å². The third-order valence-corrected chi connectivity index (χ3v) is 3.73. The summed E-state index contributed by atoms with van der Waals surface area (Å²) in [5, 5.41) is 6.52. The number of halogens is 1. The molecule has 0 radical (unpaired) electrons. The minimum absolute atomic E-state index is 0.162. The summed E-state index contributed by atoms with van der Waals surface area (Å²) in [5.74, 6) is 0.549. The van der Waals surface area contributed by atoms with E-state index in [0.717, 1.165) is 11.3 Å². The van der Waals surface area contributed by atoms with Gasteiger partial charge in [0.25, 0.3) is 0 Å². The van der Waals surface area contributed by atoms with Crippen molar-refractivity contribution < 1.29 is 9.53 Å². The molecule has 6 heteroatoms. The average Bonchev–Trinajstić information content (AvgIpc) is 2.54. The molecule has 0 aliphatic rings. The van der Waals surface area contributed by atoms with Crippen molar-refractivity contribution >= 4 is 40.5 Å². The Labute approximate surface area is 145 Å². The fourth-order valence-electron chi connectivity index (χ4n) is 2.00. The zero-order valence-electron chi connectivity index (χ0n) is 12.6. The molecule has 0 fully saturated rings. The molecule has 0 saturated carbocycles. The Kier molecular flexibility index (Phi) is 6.38. The summed E-state index contributed by atoms with van der Waals surface area (Å²) in [5.41, 5.74) is 1.69. The van der Waals surface area contributed by atoms with E-state index in [1.54, 1.807) is 13.2 Å². The second-order valence-electron chi connectivity index (χ2n) is 4.83. The first kappa shape index (κ1) is 17.2. The molecule has 23 heavy (non-hydrogen) atoms. The molecule has 0 spiro atoms. The molecule has 0 bridgehead atoms. The van der Waals surface area contributed by atoms with Crippen LogP contribution in [0.4, 0.5) is 5.69 Å². The Balaban J connectivity index is 1.82. The fraction of sp³-hybridized carbons (Fsp3) is 0.176. The molecule has 2 N–H and O–H groups in total. The van der Waals surface area contributed by atoms with Crippen LogP contribution in [0.5, 0.6) is 5.75 Å². The molecule has 120 valence electrons. The number of nitrogens with one attached hydrogen (secondary N) is 2. The Morgan fingerprint density at radius 2 is 2.00 bits per heavy atom. The van der Waals surface area contributed by atoms with Gasteiger partial charge in [0.05, 0.1) is 7.11 Å². The zero-order valence-corrected chi connectivity index (χ0v) is 14.2. The molecule has 2 aromatic rings. The number of aryl methyl sites for hydroxylation is 1. The predicted molar refractivity (Wildman–Crippen MR) is 97.1 cm³/mol. The van der Waals surface area contributed by atoms with Gasteiger partial charge in [-0.05, 0) is 42.4 Å². The van der Waals surface area contributed by atoms with Crippen LogP contribution in [0.25, 0.3) is 0 Å². The Hall–Kier alpha value is -2.11. The first-order chi connectivity index (χ1) is 11.1. The van der Waals surface area contributed by atoms with Crippen LogP contribution in [0, 0.1) is 0 Å². The Bertz CT molecular complexity index is 706. The number of carbonyl (C=O) groups is 1. The molecule has 2 aromatic carbocycles. The first-order valence-electron chi connectivity index (χ1n) is 7.07. The van der Waals surface area contributed by atoms with Gasteiger partial charge in [-0.15, -0.1) is 0 Å². The minimum atomic E-state index is -0.162. The quantitative estimate of drug-likeness (QED) is 0.807. The molecule has 2 rings (SSSR count). The Morgan fingerprint density at radius 3 is 2.74 bits per heavy atom. The van der Waals surface area contributed by atoms with Gasteiger partial charge < -0.3 is 15.4 Å². The number of hydrogen-bond donors (Lipinski definition) is 2. The molecule has 0 aliphatic carbocycles. The van der Waals surface area contributed by atoms with Crippen LogP contribution >= 0.6 is 23.8 Å². The highest BCUT2D eigenvalue weighted by molar-refractivity contribution is 7.80. The monoisotopic (exact) mass is 348 g/mol. The van der Waals surface area contributed by atoms with Gasteiger partial charge in [-0.2, -0.15) is 0 Å². The van der Waals surface area contributed by atoms with Gasteiger partial charge in [-0.3, -0.25) is 4.79 Å². The standard InChI is InChI=1S/C17H17ClN2O2S/c1-22-14-7-4-6-13(11-14)19-17(23)20-16(21)10-9-12-5-2-3-8-15(12)18/h2-8,11H,9-10H2,1H3,(H2,19,20,21,23). The van der Waals surface area contributed by atoms with Crippen LogP contribution in [0.3, 0.4) is 0 Å². The van der Waals surface area contributed by atoms with Crippen molar-refractivity contribution in [3.63, 3.8) is 0 Å². The summed E-state index contributed by atoms with van der Waals surface area (Å²) >= 11 is 11.2. The largest absolute Gasteiger partial charge is 0.497 e. The van der Waals surface area contributed by atoms with Crippen LogP contribution in [-0.4, -0.2) is 18.1 Å². The van der Waals surface area contributed by atoms with Crippen molar-refractivity contribution in [1.82, 2.24) is 5.32 Å². The van der Waals surface area contributed by atoms with Crippen LogP contribution < -0.4 is 15.4 Å². The molecule has 1 amide bonds. The van der Waals surface area contributed by atoms with E-state index < -0.39 is 0 Å². The van der Waals surface area contributed by atoms with Gasteiger partial charge in [0.2, 0.25) is 5.91 Å². The molecule has 0 heterocycles. The lowest BCUT2D eigenvalue weighted by Crippen LogP contribution is -2.34. The number of rotatable bonds is 5. The lowest BCUT2D eigenvalue weighted by atomic mass is 10.1. The van der Waals surface area contributed by atoms with E-state index in [-0.39, 0.29) is 11.0 Å². The van der Waals surface area contributed by atoms with Gasteiger partial charge in [0.1, 0.15) is 5.75 Å². The maximum absolute atomic E-state index is 11.9. The molecular weight excluding hydrogens is 332 g/mol. The van der Waals surface area contributed by atoms with E-state index in [9.17, 15) is 4.79 Å². The van der Waals surface area contributed by atoms with E-state index >= 15 is 0 Å². The first-order valence-corrected chi connectivity index (χ1v) is 7.85. The van der Waals surface area contributed by atoms with Crippen molar-refractivity contribution in [1.29, 1.82) is 0 Å². The highest BCUT2D eigenvalue weighted by atomic mass is 35.5. The summed E-state index contributed by atoms with van der Waals surface area (Å²) in [6.45, 7) is 0. The molecule has 0 atom stereocenters. The van der Waals surface area contributed by atoms with E-state index in [4.69, 9.17) is 28.6 Å². The van der Waals surface area contributed by atoms with Crippen molar-refractivity contribution in [3.05, 3.63) is 59.1 Å². The second-order valence-corrected chi connectivity index (χ2v) is 5.64. The number of benzene rings is 2. The van der Waals surface area contributed by atoms with E-state index in [2.05, 4.69) is 10.6 Å². The number of amides is 1. The third kappa shape index (κ3) is 5.54. The number of carbonyl (C=O) groups excluding carboxylic acids is 1. The normalized spacial score (nSPS) is 10.0. The number of ether oxygens (including phenoxy) is 1. The predicted octanol–water partition coefficient (Wildman–Crippen LogP) is 3.79. The molecule has 0 aromatic heterocycles. The summed E-state index contributed by atoms with van der Waals surface area (Å²) in [6, 6.07) is 14.8. The second kappa shape index (κ2) is 8.50. The zero-order chi connectivity index (χ0) is 16.7. The number of methoxy groups -OCH3 is 1. The van der Waals surface area contributed by atoms with Crippen molar-refractivity contribution in [3.8, 4) is 5.75 Å². The smallest absolute Gasteiger partial charge is 0.226 e. The van der Waals surface area contributed by atoms with E-state index in [0.29, 0.717) is 23.6 Å². The van der Waals surface area contributed by atoms with Gasteiger partial charge in [-0.25, -0.2) is 0 Å². The summed E-state index contributed by atoms with van der Waals surface area (Å²) in [4.78, 5) is 11.9. The van der Waals surface area contributed by atoms with E-state index in [1.807, 2.05) is 42.5 Å². The lowest BCUT2D eigenvalue weighted by molar-refractivity contribution is -0.119. The molecule has 4 nitrogen and oxygen atoms in total. The highest BCUT2D eigenvalue weighted by Gasteiger charge is 2.07. The van der Waals surface area contributed by atoms with Crippen molar-refractivity contribution in [2.24, 2.45) is 0 Å². The van der Waals surface area contributed by atoms with E-state index in [1.165, 1.54) is 0 Å². The van der Waals surface area contributed by atoms with Crippen molar-refractivity contribution in [2.75, 3.05) is 12.4 Å². The molecular formula is C17H17ClN2O2S. The number of hydrogen-bond acceptors (Lipinski definition) is 3. The minimum Gasteiger partial charge on any atom is -0.497 e. The fourth-order valence-corrected chi connectivity index (χ4v) is 2.46. The van der Waals surface area contributed by atoms with Crippen LogP contribution in [0.15, 0.2) is 48.5 Å². The molecule has 0 unspecified atom stereocenters. The SMILES string of the molecule is COc1cccc(NC(=S)NC(=O)CCc2ccccc2Cl)c1. The lowest BCUT2D eigenvalue weighted by Gasteiger charge is -2.10. The summed E-state index contributed by atoms with van der Waals surface area (Å²) in [6.07, 6.45) is 0.872. The Morgan fingerprint density at radius 1 is 1.22 bits per heavy atom.